The standard InChI is InChI=1S/C19H23ClN4O/c1-12-6-5-9-24(11-12)18(25)17-10-13(2)21-19(23-17)22-16-8-4-7-15(20)14(16)3/h4,7-8,10,12H,5-6,9,11H2,1-3H3,(H,21,22,23). The van der Waals surface area contributed by atoms with E-state index in [0.29, 0.717) is 22.6 Å². The Labute approximate surface area is 153 Å². The Bertz CT molecular complexity index is 793. The van der Waals surface area contributed by atoms with E-state index < -0.39 is 0 Å². The molecule has 5 nitrogen and oxygen atoms in total. The van der Waals surface area contributed by atoms with Crippen LogP contribution in [0.25, 0.3) is 0 Å². The van der Waals surface area contributed by atoms with Crippen LogP contribution < -0.4 is 5.32 Å². The van der Waals surface area contributed by atoms with Gasteiger partial charge in [-0.25, -0.2) is 9.97 Å². The summed E-state index contributed by atoms with van der Waals surface area (Å²) in [4.78, 5) is 23.6. The van der Waals surface area contributed by atoms with Gasteiger partial charge < -0.3 is 10.2 Å². The van der Waals surface area contributed by atoms with Gasteiger partial charge in [0, 0.05) is 29.5 Å². The van der Waals surface area contributed by atoms with Gasteiger partial charge in [-0.15, -0.1) is 0 Å². The number of halogens is 1. The quantitative estimate of drug-likeness (QED) is 0.885. The predicted molar refractivity (Wildman–Crippen MR) is 101 cm³/mol. The van der Waals surface area contributed by atoms with E-state index in [9.17, 15) is 4.79 Å². The molecule has 1 aromatic carbocycles. The average molecular weight is 359 g/mol. The Morgan fingerprint density at radius 2 is 2.12 bits per heavy atom. The molecule has 0 radical (unpaired) electrons. The Kier molecular flexibility index (Phi) is 5.23. The van der Waals surface area contributed by atoms with Crippen LogP contribution in [0.15, 0.2) is 24.3 Å². The SMILES string of the molecule is Cc1cc(C(=O)N2CCCC(C)C2)nc(Nc2cccc(Cl)c2C)n1. The summed E-state index contributed by atoms with van der Waals surface area (Å²) < 4.78 is 0. The number of nitrogens with zero attached hydrogens (tertiary/aromatic N) is 3. The fourth-order valence-corrected chi connectivity index (χ4v) is 3.31. The predicted octanol–water partition coefficient (Wildman–Crippen LogP) is 4.36. The van der Waals surface area contributed by atoms with Crippen LogP contribution in [0, 0.1) is 19.8 Å². The lowest BCUT2D eigenvalue weighted by atomic mass is 10.00. The first-order valence-electron chi connectivity index (χ1n) is 8.61. The number of anilines is 2. The molecule has 2 aromatic rings. The second kappa shape index (κ2) is 7.40. The van der Waals surface area contributed by atoms with Crippen molar-refractivity contribution in [2.24, 2.45) is 5.92 Å². The van der Waals surface area contributed by atoms with Crippen LogP contribution in [0.4, 0.5) is 11.6 Å². The summed E-state index contributed by atoms with van der Waals surface area (Å²) in [5.41, 5.74) is 2.95. The molecule has 0 bridgehead atoms. The van der Waals surface area contributed by atoms with E-state index in [1.54, 1.807) is 6.07 Å². The van der Waals surface area contributed by atoms with Crippen molar-refractivity contribution in [3.8, 4) is 0 Å². The van der Waals surface area contributed by atoms with Crippen molar-refractivity contribution >= 4 is 29.1 Å². The van der Waals surface area contributed by atoms with E-state index in [0.717, 1.165) is 36.5 Å². The molecule has 1 atom stereocenters. The van der Waals surface area contributed by atoms with E-state index in [-0.39, 0.29) is 5.91 Å². The fraction of sp³-hybridized carbons (Fsp3) is 0.421. The van der Waals surface area contributed by atoms with Crippen molar-refractivity contribution in [3.05, 3.63) is 46.2 Å². The maximum atomic E-state index is 12.8. The summed E-state index contributed by atoms with van der Waals surface area (Å²) in [6.45, 7) is 7.56. The highest BCUT2D eigenvalue weighted by molar-refractivity contribution is 6.31. The van der Waals surface area contributed by atoms with Crippen LogP contribution in [-0.4, -0.2) is 33.9 Å². The van der Waals surface area contributed by atoms with Gasteiger partial charge in [-0.05, 0) is 56.4 Å². The third kappa shape index (κ3) is 4.10. The highest BCUT2D eigenvalue weighted by Crippen LogP contribution is 2.25. The summed E-state index contributed by atoms with van der Waals surface area (Å²) in [5.74, 6) is 0.925. The third-order valence-electron chi connectivity index (χ3n) is 4.53. The molecule has 1 N–H and O–H groups in total. The largest absolute Gasteiger partial charge is 0.337 e. The first-order valence-corrected chi connectivity index (χ1v) is 8.99. The summed E-state index contributed by atoms with van der Waals surface area (Å²) in [5, 5.41) is 3.86. The zero-order chi connectivity index (χ0) is 18.0. The van der Waals surface area contributed by atoms with Gasteiger partial charge in [-0.1, -0.05) is 24.6 Å². The van der Waals surface area contributed by atoms with Crippen LogP contribution in [0.5, 0.6) is 0 Å². The number of benzene rings is 1. The van der Waals surface area contributed by atoms with Gasteiger partial charge in [0.25, 0.3) is 5.91 Å². The lowest BCUT2D eigenvalue weighted by Gasteiger charge is -2.30. The van der Waals surface area contributed by atoms with Gasteiger partial charge >= 0.3 is 0 Å². The maximum Gasteiger partial charge on any atom is 0.272 e. The average Bonchev–Trinajstić information content (AvgIpc) is 2.58. The molecular formula is C19H23ClN4O. The minimum atomic E-state index is -0.0251. The zero-order valence-electron chi connectivity index (χ0n) is 14.8. The van der Waals surface area contributed by atoms with Crippen molar-refractivity contribution in [1.82, 2.24) is 14.9 Å². The van der Waals surface area contributed by atoms with Crippen molar-refractivity contribution < 1.29 is 4.79 Å². The van der Waals surface area contributed by atoms with E-state index in [2.05, 4.69) is 22.2 Å². The number of aromatic nitrogens is 2. The third-order valence-corrected chi connectivity index (χ3v) is 4.94. The summed E-state index contributed by atoms with van der Waals surface area (Å²) in [7, 11) is 0. The lowest BCUT2D eigenvalue weighted by molar-refractivity contribution is 0.0677. The van der Waals surface area contributed by atoms with E-state index in [1.807, 2.05) is 36.9 Å². The number of carbonyl (C=O) groups is 1. The topological polar surface area (TPSA) is 58.1 Å². The molecular weight excluding hydrogens is 336 g/mol. The van der Waals surface area contributed by atoms with E-state index >= 15 is 0 Å². The number of likely N-dealkylation sites (tertiary alicyclic amines) is 1. The first kappa shape index (κ1) is 17.7. The van der Waals surface area contributed by atoms with Crippen molar-refractivity contribution in [2.45, 2.75) is 33.6 Å². The van der Waals surface area contributed by atoms with Gasteiger partial charge in [0.2, 0.25) is 5.95 Å². The highest BCUT2D eigenvalue weighted by Gasteiger charge is 2.23. The Balaban J connectivity index is 1.85. The number of hydrogen-bond donors (Lipinski definition) is 1. The fourth-order valence-electron chi connectivity index (χ4n) is 3.13. The number of nitrogens with one attached hydrogen (secondary N) is 1. The summed E-state index contributed by atoms with van der Waals surface area (Å²) in [6.07, 6.45) is 2.22. The van der Waals surface area contributed by atoms with Crippen molar-refractivity contribution in [2.75, 3.05) is 18.4 Å². The second-order valence-corrected chi connectivity index (χ2v) is 7.16. The van der Waals surface area contributed by atoms with Crippen molar-refractivity contribution in [1.29, 1.82) is 0 Å². The number of amides is 1. The van der Waals surface area contributed by atoms with Gasteiger partial charge in [-0.3, -0.25) is 4.79 Å². The molecule has 1 amide bonds. The molecule has 25 heavy (non-hydrogen) atoms. The number of hydrogen-bond acceptors (Lipinski definition) is 4. The molecule has 1 aliphatic rings. The Hall–Kier alpha value is -2.14. The zero-order valence-corrected chi connectivity index (χ0v) is 15.6. The molecule has 3 rings (SSSR count). The normalized spacial score (nSPS) is 17.4. The number of aryl methyl sites for hydroxylation is 1. The van der Waals surface area contributed by atoms with Gasteiger partial charge in [0.15, 0.2) is 0 Å². The first-order chi connectivity index (χ1) is 11.9. The molecule has 132 valence electrons. The highest BCUT2D eigenvalue weighted by atomic mass is 35.5. The molecule has 1 aromatic heterocycles. The van der Waals surface area contributed by atoms with Crippen LogP contribution in [-0.2, 0) is 0 Å². The van der Waals surface area contributed by atoms with Gasteiger partial charge in [-0.2, -0.15) is 0 Å². The molecule has 1 saturated heterocycles. The van der Waals surface area contributed by atoms with Crippen LogP contribution in [0.2, 0.25) is 5.02 Å². The minimum absolute atomic E-state index is 0.0251. The maximum absolute atomic E-state index is 12.8. The monoisotopic (exact) mass is 358 g/mol. The Morgan fingerprint density at radius 1 is 1.32 bits per heavy atom. The van der Waals surface area contributed by atoms with E-state index in [4.69, 9.17) is 11.6 Å². The second-order valence-electron chi connectivity index (χ2n) is 6.75. The number of carbonyl (C=O) groups excluding carboxylic acids is 1. The molecule has 0 saturated carbocycles. The molecule has 1 aliphatic heterocycles. The minimum Gasteiger partial charge on any atom is -0.337 e. The summed E-state index contributed by atoms with van der Waals surface area (Å²) in [6, 6.07) is 7.37. The van der Waals surface area contributed by atoms with Crippen LogP contribution >= 0.6 is 11.6 Å². The summed E-state index contributed by atoms with van der Waals surface area (Å²) >= 11 is 6.17. The molecule has 0 aliphatic carbocycles. The number of rotatable bonds is 3. The molecule has 0 spiro atoms. The van der Waals surface area contributed by atoms with E-state index in [1.165, 1.54) is 6.42 Å². The smallest absolute Gasteiger partial charge is 0.272 e. The van der Waals surface area contributed by atoms with Crippen molar-refractivity contribution in [3.63, 3.8) is 0 Å². The molecule has 1 fully saturated rings. The van der Waals surface area contributed by atoms with Crippen LogP contribution in [0.1, 0.15) is 41.5 Å². The molecule has 6 heteroatoms. The molecule has 1 unspecified atom stereocenters. The van der Waals surface area contributed by atoms with Gasteiger partial charge in [0.05, 0.1) is 0 Å². The van der Waals surface area contributed by atoms with Gasteiger partial charge in [0.1, 0.15) is 5.69 Å². The lowest BCUT2D eigenvalue weighted by Crippen LogP contribution is -2.39. The number of piperidine rings is 1. The Morgan fingerprint density at radius 3 is 2.88 bits per heavy atom. The molecule has 2 heterocycles. The van der Waals surface area contributed by atoms with Crippen LogP contribution in [0.3, 0.4) is 0 Å².